The lowest BCUT2D eigenvalue weighted by molar-refractivity contribution is 0.0341. The number of aromatic nitrogens is 4. The van der Waals surface area contributed by atoms with Crippen LogP contribution >= 0.6 is 0 Å². The van der Waals surface area contributed by atoms with Crippen molar-refractivity contribution in [2.75, 3.05) is 31.6 Å². The van der Waals surface area contributed by atoms with E-state index in [9.17, 15) is 4.79 Å². The molecule has 0 saturated carbocycles. The minimum atomic E-state index is -0.199. The number of carbonyl (C=O) groups is 1. The van der Waals surface area contributed by atoms with Crippen LogP contribution in [0.2, 0.25) is 0 Å². The lowest BCUT2D eigenvalue weighted by atomic mass is 10.1. The highest BCUT2D eigenvalue weighted by Crippen LogP contribution is 2.15. The van der Waals surface area contributed by atoms with Crippen LogP contribution in [0.15, 0.2) is 42.9 Å². The number of nitrogens with zero attached hydrogens (tertiary/aromatic N) is 5. The van der Waals surface area contributed by atoms with Crippen LogP contribution in [0.25, 0.3) is 5.65 Å². The molecule has 8 heteroatoms. The van der Waals surface area contributed by atoms with E-state index < -0.39 is 0 Å². The second-order valence-corrected chi connectivity index (χ2v) is 5.83. The van der Waals surface area contributed by atoms with Crippen molar-refractivity contribution in [2.45, 2.75) is 6.54 Å². The molecule has 1 saturated heterocycles. The van der Waals surface area contributed by atoms with Gasteiger partial charge in [0.05, 0.1) is 19.4 Å². The standard InChI is InChI=1S/C17H18N6O2/c24-16(19-17-21-20-15-11-18-5-6-23(15)17)14-4-2-1-3-13(14)12-22-7-9-25-10-8-22/h1-6,11H,7-10,12H2,(H,19,21,24). The Morgan fingerprint density at radius 1 is 1.20 bits per heavy atom. The van der Waals surface area contributed by atoms with Crippen LogP contribution in [-0.2, 0) is 11.3 Å². The van der Waals surface area contributed by atoms with Crippen LogP contribution in [0.4, 0.5) is 5.95 Å². The van der Waals surface area contributed by atoms with Crippen molar-refractivity contribution >= 4 is 17.5 Å². The molecule has 0 spiro atoms. The highest BCUT2D eigenvalue weighted by Gasteiger charge is 2.17. The molecule has 1 fully saturated rings. The quantitative estimate of drug-likeness (QED) is 0.770. The Morgan fingerprint density at radius 3 is 2.92 bits per heavy atom. The zero-order valence-corrected chi connectivity index (χ0v) is 13.6. The number of anilines is 1. The number of benzene rings is 1. The van der Waals surface area contributed by atoms with Gasteiger partial charge in [0.1, 0.15) is 0 Å². The molecule has 128 valence electrons. The summed E-state index contributed by atoms with van der Waals surface area (Å²) in [6, 6.07) is 7.63. The van der Waals surface area contributed by atoms with Crippen LogP contribution in [0, 0.1) is 0 Å². The van der Waals surface area contributed by atoms with Crippen molar-refractivity contribution in [2.24, 2.45) is 0 Å². The first-order chi connectivity index (χ1) is 12.3. The summed E-state index contributed by atoms with van der Waals surface area (Å²) in [5.41, 5.74) is 2.21. The molecule has 1 N–H and O–H groups in total. The van der Waals surface area contributed by atoms with Gasteiger partial charge in [0.15, 0.2) is 5.65 Å². The molecule has 2 aromatic heterocycles. The van der Waals surface area contributed by atoms with Gasteiger partial charge in [0, 0.05) is 37.6 Å². The fraction of sp³-hybridized carbons (Fsp3) is 0.294. The summed E-state index contributed by atoms with van der Waals surface area (Å²) in [6.07, 6.45) is 4.93. The topological polar surface area (TPSA) is 84.7 Å². The van der Waals surface area contributed by atoms with Crippen molar-refractivity contribution in [3.05, 3.63) is 54.0 Å². The zero-order chi connectivity index (χ0) is 17.1. The lowest BCUT2D eigenvalue weighted by Crippen LogP contribution is -2.36. The number of rotatable bonds is 4. The molecule has 1 aliphatic heterocycles. The third-order valence-electron chi connectivity index (χ3n) is 4.20. The van der Waals surface area contributed by atoms with Crippen molar-refractivity contribution in [3.8, 4) is 0 Å². The van der Waals surface area contributed by atoms with E-state index in [0.29, 0.717) is 17.2 Å². The Bertz CT molecular complexity index is 887. The second kappa shape index (κ2) is 6.96. The minimum Gasteiger partial charge on any atom is -0.379 e. The largest absolute Gasteiger partial charge is 0.379 e. The van der Waals surface area contributed by atoms with Crippen LogP contribution < -0.4 is 5.32 Å². The predicted molar refractivity (Wildman–Crippen MR) is 91.3 cm³/mol. The molecular weight excluding hydrogens is 320 g/mol. The molecule has 3 heterocycles. The summed E-state index contributed by atoms with van der Waals surface area (Å²) in [6.45, 7) is 3.93. The summed E-state index contributed by atoms with van der Waals surface area (Å²) in [5.74, 6) is 0.179. The van der Waals surface area contributed by atoms with E-state index in [1.165, 1.54) is 0 Å². The molecule has 4 rings (SSSR count). The third-order valence-corrected chi connectivity index (χ3v) is 4.20. The van der Waals surface area contributed by atoms with Crippen LogP contribution in [0.3, 0.4) is 0 Å². The molecule has 3 aromatic rings. The van der Waals surface area contributed by atoms with Crippen molar-refractivity contribution in [1.82, 2.24) is 24.5 Å². The number of hydrogen-bond acceptors (Lipinski definition) is 6. The van der Waals surface area contributed by atoms with E-state index in [4.69, 9.17) is 4.74 Å². The van der Waals surface area contributed by atoms with Crippen LogP contribution in [-0.4, -0.2) is 56.7 Å². The smallest absolute Gasteiger partial charge is 0.258 e. The van der Waals surface area contributed by atoms with Gasteiger partial charge in [0.2, 0.25) is 5.95 Å². The maximum Gasteiger partial charge on any atom is 0.258 e. The molecule has 0 atom stereocenters. The fourth-order valence-corrected chi connectivity index (χ4v) is 2.89. The van der Waals surface area contributed by atoms with Crippen LogP contribution in [0.1, 0.15) is 15.9 Å². The van der Waals surface area contributed by atoms with E-state index in [-0.39, 0.29) is 5.91 Å². The highest BCUT2D eigenvalue weighted by atomic mass is 16.5. The Balaban J connectivity index is 1.55. The minimum absolute atomic E-state index is 0.199. The lowest BCUT2D eigenvalue weighted by Gasteiger charge is -2.27. The summed E-state index contributed by atoms with van der Waals surface area (Å²) >= 11 is 0. The molecule has 0 bridgehead atoms. The zero-order valence-electron chi connectivity index (χ0n) is 13.6. The molecule has 0 radical (unpaired) electrons. The number of nitrogens with one attached hydrogen (secondary N) is 1. The molecule has 25 heavy (non-hydrogen) atoms. The molecule has 1 aliphatic rings. The summed E-state index contributed by atoms with van der Waals surface area (Å²) in [7, 11) is 0. The molecule has 0 unspecified atom stereocenters. The maximum atomic E-state index is 12.8. The second-order valence-electron chi connectivity index (χ2n) is 5.83. The van der Waals surface area contributed by atoms with Gasteiger partial charge in [0.25, 0.3) is 5.91 Å². The number of morpholine rings is 1. The Morgan fingerprint density at radius 2 is 2.04 bits per heavy atom. The number of amides is 1. The summed E-state index contributed by atoms with van der Waals surface area (Å²) < 4.78 is 7.07. The Hall–Kier alpha value is -2.84. The van der Waals surface area contributed by atoms with E-state index in [2.05, 4.69) is 25.4 Å². The number of hydrogen-bond donors (Lipinski definition) is 1. The average Bonchev–Trinajstić information content (AvgIpc) is 3.06. The highest BCUT2D eigenvalue weighted by molar-refractivity contribution is 6.04. The van der Waals surface area contributed by atoms with Gasteiger partial charge in [-0.05, 0) is 11.6 Å². The number of carbonyl (C=O) groups excluding carboxylic acids is 1. The van der Waals surface area contributed by atoms with E-state index >= 15 is 0 Å². The monoisotopic (exact) mass is 338 g/mol. The SMILES string of the molecule is O=C(Nc1nnc2cnccn12)c1ccccc1CN1CCOCC1. The van der Waals surface area contributed by atoms with Crippen LogP contribution in [0.5, 0.6) is 0 Å². The van der Waals surface area contributed by atoms with Gasteiger partial charge in [-0.15, -0.1) is 10.2 Å². The first-order valence-electron chi connectivity index (χ1n) is 8.15. The molecule has 0 aliphatic carbocycles. The van der Waals surface area contributed by atoms with Gasteiger partial charge < -0.3 is 4.74 Å². The summed E-state index contributed by atoms with van der Waals surface area (Å²) in [4.78, 5) is 19.0. The molecule has 8 nitrogen and oxygen atoms in total. The third kappa shape index (κ3) is 3.35. The molecular formula is C17H18N6O2. The van der Waals surface area contributed by atoms with Gasteiger partial charge in [-0.2, -0.15) is 0 Å². The maximum absolute atomic E-state index is 12.8. The average molecular weight is 338 g/mol. The van der Waals surface area contributed by atoms with Crippen molar-refractivity contribution < 1.29 is 9.53 Å². The predicted octanol–water partition coefficient (Wildman–Crippen LogP) is 1.21. The first-order valence-corrected chi connectivity index (χ1v) is 8.15. The Kier molecular flexibility index (Phi) is 4.36. The van der Waals surface area contributed by atoms with Crippen molar-refractivity contribution in [1.29, 1.82) is 0 Å². The normalized spacial score (nSPS) is 15.4. The van der Waals surface area contributed by atoms with Gasteiger partial charge in [-0.1, -0.05) is 18.2 Å². The molecule has 1 aromatic carbocycles. The first kappa shape index (κ1) is 15.7. The van der Waals surface area contributed by atoms with Gasteiger partial charge in [-0.25, -0.2) is 0 Å². The molecule has 1 amide bonds. The van der Waals surface area contributed by atoms with Crippen molar-refractivity contribution in [3.63, 3.8) is 0 Å². The van der Waals surface area contributed by atoms with E-state index in [1.54, 1.807) is 23.0 Å². The van der Waals surface area contributed by atoms with E-state index in [0.717, 1.165) is 38.4 Å². The summed E-state index contributed by atoms with van der Waals surface area (Å²) in [5, 5.41) is 10.9. The van der Waals surface area contributed by atoms with Gasteiger partial charge >= 0.3 is 0 Å². The number of ether oxygens (including phenoxy) is 1. The van der Waals surface area contributed by atoms with Gasteiger partial charge in [-0.3, -0.25) is 24.4 Å². The number of fused-ring (bicyclic) bond motifs is 1. The Labute approximate surface area is 144 Å². The van der Waals surface area contributed by atoms with E-state index in [1.807, 2.05) is 24.3 Å². The fourth-order valence-electron chi connectivity index (χ4n) is 2.89.